The van der Waals surface area contributed by atoms with Gasteiger partial charge in [0.1, 0.15) is 5.82 Å². The molecular formula is C21H22N6. The quantitative estimate of drug-likeness (QED) is 0.547. The number of rotatable bonds is 6. The molecule has 0 atom stereocenters. The highest BCUT2D eigenvalue weighted by atomic mass is 15.3. The number of anilines is 1. The van der Waals surface area contributed by atoms with Gasteiger partial charge in [-0.1, -0.05) is 54.1 Å². The molecule has 2 aromatic carbocycles. The molecule has 6 heteroatoms. The third kappa shape index (κ3) is 4.06. The number of benzene rings is 2. The van der Waals surface area contributed by atoms with Crippen molar-refractivity contribution in [2.75, 3.05) is 5.32 Å². The molecule has 27 heavy (non-hydrogen) atoms. The van der Waals surface area contributed by atoms with E-state index in [0.717, 1.165) is 29.2 Å². The normalized spacial score (nSPS) is 10.9. The van der Waals surface area contributed by atoms with Crippen molar-refractivity contribution >= 4 is 5.95 Å². The molecule has 0 bridgehead atoms. The number of aromatic amines is 1. The van der Waals surface area contributed by atoms with Gasteiger partial charge in [-0.25, -0.2) is 0 Å². The van der Waals surface area contributed by atoms with Gasteiger partial charge in [0.25, 0.3) is 0 Å². The molecule has 0 amide bonds. The fourth-order valence-corrected chi connectivity index (χ4v) is 3.07. The van der Waals surface area contributed by atoms with E-state index in [2.05, 4.69) is 70.0 Å². The van der Waals surface area contributed by atoms with Crippen molar-refractivity contribution in [2.24, 2.45) is 0 Å². The summed E-state index contributed by atoms with van der Waals surface area (Å²) in [5.41, 5.74) is 5.65. The number of nitrogens with one attached hydrogen (secondary N) is 2. The van der Waals surface area contributed by atoms with Crippen LogP contribution in [0.15, 0.2) is 60.8 Å². The molecule has 0 aliphatic heterocycles. The van der Waals surface area contributed by atoms with Crippen LogP contribution in [0.25, 0.3) is 11.3 Å². The van der Waals surface area contributed by atoms with Gasteiger partial charge in [0, 0.05) is 23.9 Å². The summed E-state index contributed by atoms with van der Waals surface area (Å²) in [7, 11) is 0. The first-order valence-electron chi connectivity index (χ1n) is 8.97. The second kappa shape index (κ2) is 7.45. The molecule has 2 aromatic heterocycles. The molecule has 2 N–H and O–H groups in total. The lowest BCUT2D eigenvalue weighted by atomic mass is 10.1. The van der Waals surface area contributed by atoms with E-state index in [1.807, 2.05) is 29.8 Å². The van der Waals surface area contributed by atoms with E-state index in [1.165, 1.54) is 11.1 Å². The second-order valence-corrected chi connectivity index (χ2v) is 6.65. The van der Waals surface area contributed by atoms with Gasteiger partial charge in [-0.2, -0.15) is 10.1 Å². The predicted molar refractivity (Wildman–Crippen MR) is 106 cm³/mol. The van der Waals surface area contributed by atoms with Gasteiger partial charge in [-0.3, -0.25) is 9.78 Å². The van der Waals surface area contributed by atoms with Crippen LogP contribution in [0, 0.1) is 13.8 Å². The summed E-state index contributed by atoms with van der Waals surface area (Å²) >= 11 is 0. The summed E-state index contributed by atoms with van der Waals surface area (Å²) in [6.07, 6.45) is 2.09. The highest BCUT2D eigenvalue weighted by molar-refractivity contribution is 5.64. The van der Waals surface area contributed by atoms with Gasteiger partial charge >= 0.3 is 0 Å². The van der Waals surface area contributed by atoms with Gasteiger partial charge < -0.3 is 5.32 Å². The Morgan fingerprint density at radius 1 is 1.04 bits per heavy atom. The number of hydrogen-bond acceptors (Lipinski definition) is 4. The van der Waals surface area contributed by atoms with Gasteiger partial charge in [-0.15, -0.1) is 5.10 Å². The molecule has 0 saturated carbocycles. The van der Waals surface area contributed by atoms with Crippen molar-refractivity contribution in [1.82, 2.24) is 25.0 Å². The topological polar surface area (TPSA) is 71.4 Å². The highest BCUT2D eigenvalue weighted by Crippen LogP contribution is 2.24. The van der Waals surface area contributed by atoms with E-state index >= 15 is 0 Å². The van der Waals surface area contributed by atoms with Gasteiger partial charge in [0.15, 0.2) is 0 Å². The largest absolute Gasteiger partial charge is 0.349 e. The van der Waals surface area contributed by atoms with Gasteiger partial charge in [-0.05, 0) is 25.5 Å². The van der Waals surface area contributed by atoms with Crippen LogP contribution in [0.2, 0.25) is 0 Å². The minimum atomic E-state index is 0.596. The smallest absolute Gasteiger partial charge is 0.242 e. The summed E-state index contributed by atoms with van der Waals surface area (Å²) in [6.45, 7) is 5.32. The van der Waals surface area contributed by atoms with Crippen molar-refractivity contribution in [3.63, 3.8) is 0 Å². The lowest BCUT2D eigenvalue weighted by Crippen LogP contribution is -2.02. The van der Waals surface area contributed by atoms with Crippen LogP contribution >= 0.6 is 0 Å². The summed E-state index contributed by atoms with van der Waals surface area (Å²) in [5.74, 6) is 1.38. The van der Waals surface area contributed by atoms with Crippen molar-refractivity contribution in [3.8, 4) is 11.3 Å². The van der Waals surface area contributed by atoms with Crippen LogP contribution in [0.3, 0.4) is 0 Å². The van der Waals surface area contributed by atoms with Crippen molar-refractivity contribution in [3.05, 3.63) is 83.3 Å². The van der Waals surface area contributed by atoms with E-state index in [1.54, 1.807) is 0 Å². The highest BCUT2D eigenvalue weighted by Gasteiger charge is 2.12. The van der Waals surface area contributed by atoms with E-state index in [0.29, 0.717) is 12.5 Å². The maximum atomic E-state index is 4.86. The molecule has 0 radical (unpaired) electrons. The Balaban J connectivity index is 1.64. The maximum Gasteiger partial charge on any atom is 0.242 e. The van der Waals surface area contributed by atoms with Crippen LogP contribution in [-0.2, 0) is 13.1 Å². The Bertz CT molecular complexity index is 1030. The third-order valence-corrected chi connectivity index (χ3v) is 4.35. The van der Waals surface area contributed by atoms with Crippen LogP contribution in [-0.4, -0.2) is 25.0 Å². The molecule has 0 aliphatic carbocycles. The Kier molecular flexibility index (Phi) is 4.70. The molecule has 0 saturated heterocycles. The van der Waals surface area contributed by atoms with Crippen LogP contribution in [0.1, 0.15) is 22.5 Å². The standard InChI is InChI=1S/C21H22N6/c1-15-7-6-10-18(11-15)20-19(12-22-21-23-16(2)24-25-21)14-27(26-20)13-17-8-4-3-5-9-17/h3-11,14H,12-13H2,1-2H3,(H2,22,23,24,25). The molecule has 0 unspecified atom stereocenters. The molecular weight excluding hydrogens is 336 g/mol. The zero-order valence-corrected chi connectivity index (χ0v) is 15.5. The Hall–Kier alpha value is -3.41. The zero-order valence-electron chi connectivity index (χ0n) is 15.5. The molecule has 0 spiro atoms. The van der Waals surface area contributed by atoms with Crippen molar-refractivity contribution in [1.29, 1.82) is 0 Å². The molecule has 6 nitrogen and oxygen atoms in total. The number of nitrogens with zero attached hydrogens (tertiary/aromatic N) is 4. The predicted octanol–water partition coefficient (Wildman–Crippen LogP) is 3.95. The average Bonchev–Trinajstić information content (AvgIpc) is 3.27. The Morgan fingerprint density at radius 2 is 1.89 bits per heavy atom. The fourth-order valence-electron chi connectivity index (χ4n) is 3.07. The molecule has 0 aliphatic rings. The summed E-state index contributed by atoms with van der Waals surface area (Å²) < 4.78 is 1.99. The number of aromatic nitrogens is 5. The van der Waals surface area contributed by atoms with Gasteiger partial charge in [0.2, 0.25) is 5.95 Å². The molecule has 2 heterocycles. The molecule has 136 valence electrons. The first-order chi connectivity index (χ1) is 13.2. The Labute approximate surface area is 158 Å². The van der Waals surface area contributed by atoms with Gasteiger partial charge in [0.05, 0.1) is 12.2 Å². The van der Waals surface area contributed by atoms with Crippen molar-refractivity contribution < 1.29 is 0 Å². The lowest BCUT2D eigenvalue weighted by Gasteiger charge is -2.04. The second-order valence-electron chi connectivity index (χ2n) is 6.65. The summed E-state index contributed by atoms with van der Waals surface area (Å²) in [6, 6.07) is 18.8. The average molecular weight is 358 g/mol. The minimum Gasteiger partial charge on any atom is -0.349 e. The molecule has 0 fully saturated rings. The number of aryl methyl sites for hydroxylation is 2. The molecule has 4 rings (SSSR count). The number of hydrogen-bond donors (Lipinski definition) is 2. The van der Waals surface area contributed by atoms with E-state index in [-0.39, 0.29) is 0 Å². The van der Waals surface area contributed by atoms with E-state index in [4.69, 9.17) is 5.10 Å². The van der Waals surface area contributed by atoms with Crippen LogP contribution < -0.4 is 5.32 Å². The first kappa shape index (κ1) is 17.0. The number of H-pyrrole nitrogens is 1. The Morgan fingerprint density at radius 3 is 2.63 bits per heavy atom. The van der Waals surface area contributed by atoms with Crippen molar-refractivity contribution in [2.45, 2.75) is 26.9 Å². The maximum absolute atomic E-state index is 4.86. The SMILES string of the molecule is Cc1cccc(-c2nn(Cc3ccccc3)cc2CNc2n[nH]c(C)n2)c1. The zero-order chi connectivity index (χ0) is 18.6. The lowest BCUT2D eigenvalue weighted by molar-refractivity contribution is 0.688. The fraction of sp³-hybridized carbons (Fsp3) is 0.190. The summed E-state index contributed by atoms with van der Waals surface area (Å²) in [5, 5.41) is 15.1. The van der Waals surface area contributed by atoms with E-state index in [9.17, 15) is 0 Å². The molecule has 4 aromatic rings. The summed E-state index contributed by atoms with van der Waals surface area (Å²) in [4.78, 5) is 4.31. The third-order valence-electron chi connectivity index (χ3n) is 4.35. The first-order valence-corrected chi connectivity index (χ1v) is 8.97. The minimum absolute atomic E-state index is 0.596. The van der Waals surface area contributed by atoms with E-state index < -0.39 is 0 Å². The van der Waals surface area contributed by atoms with Crippen LogP contribution in [0.5, 0.6) is 0 Å². The monoisotopic (exact) mass is 358 g/mol. The van der Waals surface area contributed by atoms with Crippen LogP contribution in [0.4, 0.5) is 5.95 Å².